The molecule has 0 radical (unpaired) electrons. The molecular formula is C13H11ClN2O3. The van der Waals surface area contributed by atoms with E-state index in [9.17, 15) is 4.79 Å². The van der Waals surface area contributed by atoms with Gasteiger partial charge < -0.3 is 9.15 Å². The van der Waals surface area contributed by atoms with Gasteiger partial charge in [-0.15, -0.1) is 0 Å². The summed E-state index contributed by atoms with van der Waals surface area (Å²) in [7, 11) is 0. The van der Waals surface area contributed by atoms with Crippen molar-refractivity contribution >= 4 is 23.7 Å². The van der Waals surface area contributed by atoms with E-state index in [-0.39, 0.29) is 12.5 Å². The van der Waals surface area contributed by atoms with Crippen LogP contribution in [0.2, 0.25) is 5.02 Å². The molecule has 2 aromatic rings. The molecule has 0 aliphatic heterocycles. The molecule has 2 rings (SSSR count). The first-order chi connectivity index (χ1) is 9.24. The summed E-state index contributed by atoms with van der Waals surface area (Å²) in [6.07, 6.45) is 2.92. The number of hydrogen-bond acceptors (Lipinski definition) is 4. The van der Waals surface area contributed by atoms with Gasteiger partial charge in [0.25, 0.3) is 5.91 Å². The molecule has 5 nitrogen and oxygen atoms in total. The maximum atomic E-state index is 11.4. The highest BCUT2D eigenvalue weighted by atomic mass is 35.5. The molecule has 0 bridgehead atoms. The van der Waals surface area contributed by atoms with Crippen LogP contribution in [0.4, 0.5) is 0 Å². The van der Waals surface area contributed by atoms with Crippen molar-refractivity contribution in [2.45, 2.75) is 0 Å². The maximum absolute atomic E-state index is 11.4. The van der Waals surface area contributed by atoms with Gasteiger partial charge in [0, 0.05) is 5.02 Å². The molecule has 0 saturated heterocycles. The number of benzene rings is 1. The SMILES string of the molecule is O=C(COc1ccc(Cl)cc1)N/N=C\c1ccco1. The molecule has 0 fully saturated rings. The summed E-state index contributed by atoms with van der Waals surface area (Å²) in [6, 6.07) is 10.2. The number of amides is 1. The standard InChI is InChI=1S/C13H11ClN2O3/c14-10-3-5-11(6-4-10)19-9-13(17)16-15-8-12-2-1-7-18-12/h1-8H,9H2,(H,16,17)/b15-8-. The minimum absolute atomic E-state index is 0.128. The van der Waals surface area contributed by atoms with Crippen molar-refractivity contribution in [3.8, 4) is 5.75 Å². The van der Waals surface area contributed by atoms with Crippen LogP contribution < -0.4 is 10.2 Å². The van der Waals surface area contributed by atoms with Crippen LogP contribution in [0.25, 0.3) is 0 Å². The van der Waals surface area contributed by atoms with E-state index < -0.39 is 0 Å². The molecule has 0 aliphatic rings. The topological polar surface area (TPSA) is 63.8 Å². The highest BCUT2D eigenvalue weighted by Gasteiger charge is 2.01. The van der Waals surface area contributed by atoms with E-state index in [1.807, 2.05) is 0 Å². The first-order valence-corrected chi connectivity index (χ1v) is 5.85. The van der Waals surface area contributed by atoms with Gasteiger partial charge in [0.15, 0.2) is 6.61 Å². The zero-order valence-electron chi connectivity index (χ0n) is 9.88. The van der Waals surface area contributed by atoms with Crippen molar-refractivity contribution in [1.29, 1.82) is 0 Å². The van der Waals surface area contributed by atoms with Crippen molar-refractivity contribution in [2.75, 3.05) is 6.61 Å². The Morgan fingerprint density at radius 3 is 2.84 bits per heavy atom. The summed E-state index contributed by atoms with van der Waals surface area (Å²) < 4.78 is 10.3. The molecule has 6 heteroatoms. The van der Waals surface area contributed by atoms with Gasteiger partial charge in [-0.05, 0) is 36.4 Å². The fourth-order valence-electron chi connectivity index (χ4n) is 1.24. The van der Waals surface area contributed by atoms with Crippen LogP contribution in [0.1, 0.15) is 5.76 Å². The highest BCUT2D eigenvalue weighted by molar-refractivity contribution is 6.30. The molecule has 1 aromatic carbocycles. The third kappa shape index (κ3) is 4.48. The van der Waals surface area contributed by atoms with Crippen LogP contribution in [0.5, 0.6) is 5.75 Å². The molecule has 0 saturated carbocycles. The predicted molar refractivity (Wildman–Crippen MR) is 71.4 cm³/mol. The fraction of sp³-hybridized carbons (Fsp3) is 0.0769. The van der Waals surface area contributed by atoms with Crippen molar-refractivity contribution in [2.24, 2.45) is 5.10 Å². The second-order valence-electron chi connectivity index (χ2n) is 3.55. The number of carbonyl (C=O) groups is 1. The number of nitrogens with one attached hydrogen (secondary N) is 1. The fourth-order valence-corrected chi connectivity index (χ4v) is 1.37. The number of rotatable bonds is 5. The quantitative estimate of drug-likeness (QED) is 0.675. The van der Waals surface area contributed by atoms with Crippen LogP contribution in [0.3, 0.4) is 0 Å². The number of halogens is 1. The summed E-state index contributed by atoms with van der Waals surface area (Å²) in [6.45, 7) is -0.128. The Hall–Kier alpha value is -2.27. The van der Waals surface area contributed by atoms with Gasteiger partial charge >= 0.3 is 0 Å². The normalized spacial score (nSPS) is 10.6. The van der Waals surface area contributed by atoms with Gasteiger partial charge in [-0.25, -0.2) is 5.43 Å². The second kappa shape index (κ2) is 6.61. The molecule has 98 valence electrons. The molecule has 1 heterocycles. The minimum atomic E-state index is -0.363. The van der Waals surface area contributed by atoms with E-state index in [4.69, 9.17) is 20.8 Å². The van der Waals surface area contributed by atoms with Crippen molar-refractivity contribution in [1.82, 2.24) is 5.43 Å². The lowest BCUT2D eigenvalue weighted by molar-refractivity contribution is -0.123. The Morgan fingerprint density at radius 1 is 1.37 bits per heavy atom. The molecule has 19 heavy (non-hydrogen) atoms. The number of carbonyl (C=O) groups excluding carboxylic acids is 1. The largest absolute Gasteiger partial charge is 0.484 e. The monoisotopic (exact) mass is 278 g/mol. The van der Waals surface area contributed by atoms with E-state index in [2.05, 4.69) is 10.5 Å². The maximum Gasteiger partial charge on any atom is 0.277 e. The van der Waals surface area contributed by atoms with Gasteiger partial charge in [-0.1, -0.05) is 11.6 Å². The van der Waals surface area contributed by atoms with E-state index in [1.54, 1.807) is 36.4 Å². The zero-order valence-corrected chi connectivity index (χ0v) is 10.6. The third-order valence-electron chi connectivity index (χ3n) is 2.11. The van der Waals surface area contributed by atoms with Crippen LogP contribution >= 0.6 is 11.6 Å². The highest BCUT2D eigenvalue weighted by Crippen LogP contribution is 2.15. The molecule has 1 N–H and O–H groups in total. The lowest BCUT2D eigenvalue weighted by Gasteiger charge is -2.04. The molecule has 1 amide bonds. The summed E-state index contributed by atoms with van der Waals surface area (Å²) in [5.74, 6) is 0.756. The van der Waals surface area contributed by atoms with Gasteiger partial charge in [0.2, 0.25) is 0 Å². The minimum Gasteiger partial charge on any atom is -0.484 e. The molecule has 0 spiro atoms. The summed E-state index contributed by atoms with van der Waals surface area (Å²) in [4.78, 5) is 11.4. The Kier molecular flexibility index (Phi) is 4.58. The van der Waals surface area contributed by atoms with E-state index in [0.717, 1.165) is 0 Å². The van der Waals surface area contributed by atoms with Crippen LogP contribution in [0, 0.1) is 0 Å². The Morgan fingerprint density at radius 2 is 2.16 bits per heavy atom. The summed E-state index contributed by atoms with van der Waals surface area (Å²) >= 11 is 5.73. The predicted octanol–water partition coefficient (Wildman–Crippen LogP) is 2.46. The summed E-state index contributed by atoms with van der Waals surface area (Å²) in [5.41, 5.74) is 2.32. The second-order valence-corrected chi connectivity index (χ2v) is 3.99. The molecule has 0 aliphatic carbocycles. The van der Waals surface area contributed by atoms with Crippen LogP contribution in [0.15, 0.2) is 52.2 Å². The first kappa shape index (κ1) is 13.2. The number of nitrogens with zero attached hydrogens (tertiary/aromatic N) is 1. The zero-order chi connectivity index (χ0) is 13.5. The molecular weight excluding hydrogens is 268 g/mol. The first-order valence-electron chi connectivity index (χ1n) is 5.48. The van der Waals surface area contributed by atoms with Gasteiger partial charge in [-0.2, -0.15) is 5.10 Å². The lowest BCUT2D eigenvalue weighted by atomic mass is 10.3. The van der Waals surface area contributed by atoms with Crippen molar-refractivity contribution in [3.63, 3.8) is 0 Å². The number of ether oxygens (including phenoxy) is 1. The Bertz CT molecular complexity index is 550. The van der Waals surface area contributed by atoms with Gasteiger partial charge in [0.05, 0.1) is 12.5 Å². The number of hydrazone groups is 1. The number of hydrogen-bond donors (Lipinski definition) is 1. The van der Waals surface area contributed by atoms with E-state index >= 15 is 0 Å². The molecule has 0 atom stereocenters. The van der Waals surface area contributed by atoms with E-state index in [0.29, 0.717) is 16.5 Å². The Labute approximate surface area is 114 Å². The Balaban J connectivity index is 1.74. The van der Waals surface area contributed by atoms with Crippen LogP contribution in [-0.4, -0.2) is 18.7 Å². The summed E-state index contributed by atoms with van der Waals surface area (Å²) in [5, 5.41) is 4.33. The van der Waals surface area contributed by atoms with Crippen LogP contribution in [-0.2, 0) is 4.79 Å². The van der Waals surface area contributed by atoms with Gasteiger partial charge in [0.1, 0.15) is 11.5 Å². The van der Waals surface area contributed by atoms with Gasteiger partial charge in [-0.3, -0.25) is 4.79 Å². The third-order valence-corrected chi connectivity index (χ3v) is 2.36. The lowest BCUT2D eigenvalue weighted by Crippen LogP contribution is -2.24. The molecule has 1 aromatic heterocycles. The average Bonchev–Trinajstić information content (AvgIpc) is 2.91. The van der Waals surface area contributed by atoms with Crippen molar-refractivity contribution < 1.29 is 13.9 Å². The molecule has 0 unspecified atom stereocenters. The van der Waals surface area contributed by atoms with Crippen molar-refractivity contribution in [3.05, 3.63) is 53.4 Å². The van der Waals surface area contributed by atoms with E-state index in [1.165, 1.54) is 12.5 Å². The average molecular weight is 279 g/mol. The number of furan rings is 1. The smallest absolute Gasteiger partial charge is 0.277 e.